The maximum absolute atomic E-state index is 13.1. The van der Waals surface area contributed by atoms with E-state index in [4.69, 9.17) is 0 Å². The molecule has 0 bridgehead atoms. The fraction of sp³-hybridized carbons (Fsp3) is 0.364. The Kier molecular flexibility index (Phi) is 6.03. The molecule has 0 radical (unpaired) electrons. The van der Waals surface area contributed by atoms with Crippen molar-refractivity contribution in [3.63, 3.8) is 0 Å². The Labute approximate surface area is 189 Å². The Morgan fingerprint density at radius 1 is 1.24 bits per heavy atom. The van der Waals surface area contributed by atoms with Gasteiger partial charge in [-0.05, 0) is 30.5 Å². The number of rotatable bonds is 5. The fourth-order valence-electron chi connectivity index (χ4n) is 3.97. The monoisotopic (exact) mass is 454 g/mol. The Bertz CT molecular complexity index is 1140. The van der Waals surface area contributed by atoms with Gasteiger partial charge >= 0.3 is 0 Å². The minimum Gasteiger partial charge on any atom is -0.350 e. The highest BCUT2D eigenvalue weighted by Gasteiger charge is 2.45. The minimum absolute atomic E-state index is 0.0482. The van der Waals surface area contributed by atoms with E-state index in [1.54, 1.807) is 24.9 Å². The standard InChI is InChI=1S/C22H23FN6O4/c1-27-11-9-24-19(27)22(33)28(2)15-4-3-10-29-18(15)26-16(17(30)21(29)32)20(31)25-12-13-5-7-14(23)8-6-13/h5-9,11,15-16H,3-4,10,12H2,1-2H3,(H,25,31). The first-order valence-corrected chi connectivity index (χ1v) is 10.5. The molecule has 33 heavy (non-hydrogen) atoms. The fourth-order valence-corrected chi connectivity index (χ4v) is 3.97. The molecule has 2 aliphatic rings. The molecule has 172 valence electrons. The molecule has 1 fully saturated rings. The van der Waals surface area contributed by atoms with Gasteiger partial charge in [-0.2, -0.15) is 0 Å². The van der Waals surface area contributed by atoms with Crippen molar-refractivity contribution in [2.24, 2.45) is 12.0 Å². The number of piperidine rings is 1. The third kappa shape index (κ3) is 4.26. The van der Waals surface area contributed by atoms with Crippen LogP contribution in [0.1, 0.15) is 29.0 Å². The van der Waals surface area contributed by atoms with Gasteiger partial charge < -0.3 is 14.8 Å². The quantitative estimate of drug-likeness (QED) is 0.515. The van der Waals surface area contributed by atoms with Crippen molar-refractivity contribution >= 4 is 29.3 Å². The van der Waals surface area contributed by atoms with E-state index in [2.05, 4.69) is 15.3 Å². The van der Waals surface area contributed by atoms with Crippen LogP contribution in [0.2, 0.25) is 0 Å². The Morgan fingerprint density at radius 2 is 1.97 bits per heavy atom. The number of hydrogen-bond acceptors (Lipinski definition) is 6. The molecular weight excluding hydrogens is 431 g/mol. The van der Waals surface area contributed by atoms with Gasteiger partial charge in [-0.3, -0.25) is 24.1 Å². The molecule has 1 saturated heterocycles. The van der Waals surface area contributed by atoms with E-state index in [0.717, 1.165) is 0 Å². The lowest BCUT2D eigenvalue weighted by Gasteiger charge is -2.40. The maximum Gasteiger partial charge on any atom is 0.298 e. The summed E-state index contributed by atoms with van der Waals surface area (Å²) in [6.45, 7) is 0.334. The number of imidazole rings is 1. The zero-order chi connectivity index (χ0) is 23.7. The lowest BCUT2D eigenvalue weighted by Crippen LogP contribution is -2.61. The van der Waals surface area contributed by atoms with E-state index < -0.39 is 35.5 Å². The third-order valence-corrected chi connectivity index (χ3v) is 5.83. The highest BCUT2D eigenvalue weighted by Crippen LogP contribution is 2.24. The third-order valence-electron chi connectivity index (χ3n) is 5.83. The first kappa shape index (κ1) is 22.3. The molecular formula is C22H23FN6O4. The average molecular weight is 454 g/mol. The molecule has 2 aromatic rings. The molecule has 0 saturated carbocycles. The Morgan fingerprint density at radius 3 is 2.64 bits per heavy atom. The summed E-state index contributed by atoms with van der Waals surface area (Å²) in [6.07, 6.45) is 4.25. The van der Waals surface area contributed by atoms with Crippen molar-refractivity contribution in [3.8, 4) is 0 Å². The average Bonchev–Trinajstić information content (AvgIpc) is 3.25. The Balaban J connectivity index is 1.56. The molecule has 10 nitrogen and oxygen atoms in total. The smallest absolute Gasteiger partial charge is 0.298 e. The number of hydrogen-bond donors (Lipinski definition) is 1. The number of amides is 3. The van der Waals surface area contributed by atoms with Gasteiger partial charge in [0.2, 0.25) is 0 Å². The molecule has 2 atom stereocenters. The zero-order valence-corrected chi connectivity index (χ0v) is 18.2. The van der Waals surface area contributed by atoms with E-state index in [-0.39, 0.29) is 30.7 Å². The predicted octanol–water partition coefficient (Wildman–Crippen LogP) is 0.288. The zero-order valence-electron chi connectivity index (χ0n) is 18.2. The van der Waals surface area contributed by atoms with Gasteiger partial charge in [-0.25, -0.2) is 14.4 Å². The SMILES string of the molecule is CN(C(=O)c1nccn1C)C1CCCN2C(=O)C(=O)C(C(=O)NCc3ccc(F)cc3)N=C12. The number of halogens is 1. The summed E-state index contributed by atoms with van der Waals surface area (Å²) in [5.41, 5.74) is 0.629. The molecule has 11 heteroatoms. The number of aromatic nitrogens is 2. The molecule has 0 spiro atoms. The van der Waals surface area contributed by atoms with Crippen LogP contribution in [0, 0.1) is 5.82 Å². The number of nitrogens with one attached hydrogen (secondary N) is 1. The number of fused-ring (bicyclic) bond motifs is 1. The van der Waals surface area contributed by atoms with Gasteiger partial charge in [0.1, 0.15) is 11.7 Å². The summed E-state index contributed by atoms with van der Waals surface area (Å²) in [4.78, 5) is 62.2. The Hall–Kier alpha value is -3.89. The van der Waals surface area contributed by atoms with Crippen LogP contribution in [0.4, 0.5) is 4.39 Å². The summed E-state index contributed by atoms with van der Waals surface area (Å²) in [5.74, 6) is -2.79. The van der Waals surface area contributed by atoms with Crippen LogP contribution in [-0.2, 0) is 28.0 Å². The number of ketones is 1. The summed E-state index contributed by atoms with van der Waals surface area (Å²) in [5, 5.41) is 2.58. The summed E-state index contributed by atoms with van der Waals surface area (Å²) >= 11 is 0. The lowest BCUT2D eigenvalue weighted by molar-refractivity contribution is -0.146. The van der Waals surface area contributed by atoms with Gasteiger partial charge in [-0.1, -0.05) is 12.1 Å². The number of benzene rings is 1. The molecule has 1 N–H and O–H groups in total. The molecule has 1 aromatic carbocycles. The first-order chi connectivity index (χ1) is 15.8. The van der Waals surface area contributed by atoms with Crippen LogP contribution < -0.4 is 5.32 Å². The highest BCUT2D eigenvalue weighted by atomic mass is 19.1. The molecule has 0 aliphatic carbocycles. The van der Waals surface area contributed by atoms with Crippen molar-refractivity contribution in [2.75, 3.05) is 13.6 Å². The van der Waals surface area contributed by atoms with Crippen molar-refractivity contribution in [2.45, 2.75) is 31.5 Å². The summed E-state index contributed by atoms with van der Waals surface area (Å²) < 4.78 is 14.7. The number of aryl methyl sites for hydroxylation is 1. The van der Waals surface area contributed by atoms with Crippen LogP contribution in [-0.4, -0.2) is 74.4 Å². The van der Waals surface area contributed by atoms with Crippen molar-refractivity contribution in [1.82, 2.24) is 24.7 Å². The molecule has 3 amide bonds. The molecule has 3 heterocycles. The van der Waals surface area contributed by atoms with Gasteiger partial charge in [0.05, 0.1) is 6.04 Å². The normalized spacial score (nSPS) is 20.2. The molecule has 2 aliphatic heterocycles. The second-order valence-electron chi connectivity index (χ2n) is 7.99. The predicted molar refractivity (Wildman–Crippen MR) is 115 cm³/mol. The molecule has 2 unspecified atom stereocenters. The summed E-state index contributed by atoms with van der Waals surface area (Å²) in [6, 6.07) is 3.40. The number of carbonyl (C=O) groups is 4. The number of aliphatic imine (C=N–C) groups is 1. The van der Waals surface area contributed by atoms with Crippen LogP contribution in [0.5, 0.6) is 0 Å². The lowest BCUT2D eigenvalue weighted by atomic mass is 9.98. The van der Waals surface area contributed by atoms with Crippen LogP contribution in [0.3, 0.4) is 0 Å². The largest absolute Gasteiger partial charge is 0.350 e. The van der Waals surface area contributed by atoms with E-state index in [0.29, 0.717) is 18.4 Å². The first-order valence-electron chi connectivity index (χ1n) is 10.5. The van der Waals surface area contributed by atoms with Gasteiger partial charge in [0.15, 0.2) is 11.9 Å². The second kappa shape index (κ2) is 8.93. The van der Waals surface area contributed by atoms with Crippen molar-refractivity contribution in [3.05, 3.63) is 53.9 Å². The van der Waals surface area contributed by atoms with Crippen LogP contribution in [0.25, 0.3) is 0 Å². The second-order valence-corrected chi connectivity index (χ2v) is 7.99. The van der Waals surface area contributed by atoms with Crippen LogP contribution >= 0.6 is 0 Å². The van der Waals surface area contributed by atoms with Crippen molar-refractivity contribution in [1.29, 1.82) is 0 Å². The van der Waals surface area contributed by atoms with Crippen LogP contribution in [0.15, 0.2) is 41.7 Å². The van der Waals surface area contributed by atoms with E-state index in [1.165, 1.54) is 40.3 Å². The summed E-state index contributed by atoms with van der Waals surface area (Å²) in [7, 11) is 3.28. The molecule has 1 aromatic heterocycles. The minimum atomic E-state index is -1.54. The van der Waals surface area contributed by atoms with E-state index in [9.17, 15) is 23.6 Å². The number of Topliss-reactive ketones (excluding diaryl/α,β-unsaturated/α-hetero) is 1. The van der Waals surface area contributed by atoms with Gasteiger partial charge in [0, 0.05) is 39.6 Å². The highest BCUT2D eigenvalue weighted by molar-refractivity contribution is 6.46. The van der Waals surface area contributed by atoms with E-state index in [1.807, 2.05) is 0 Å². The van der Waals surface area contributed by atoms with Gasteiger partial charge in [0.25, 0.3) is 23.5 Å². The number of amidine groups is 1. The number of nitrogens with zero attached hydrogens (tertiary/aromatic N) is 5. The molecule has 4 rings (SSSR count). The topological polar surface area (TPSA) is 117 Å². The van der Waals surface area contributed by atoms with Crippen molar-refractivity contribution < 1.29 is 23.6 Å². The van der Waals surface area contributed by atoms with Gasteiger partial charge in [-0.15, -0.1) is 0 Å². The maximum atomic E-state index is 13.1. The van der Waals surface area contributed by atoms with E-state index >= 15 is 0 Å². The number of likely N-dealkylation sites (N-methyl/N-ethyl adjacent to an activating group) is 1. The number of carbonyl (C=O) groups excluding carboxylic acids is 4.